The monoisotopic (exact) mass is 458 g/mol. The van der Waals surface area contributed by atoms with Crippen LogP contribution in [0, 0.1) is 0 Å². The molecule has 0 fully saturated rings. The lowest BCUT2D eigenvalue weighted by molar-refractivity contribution is 0.0695. The molecule has 0 aromatic heterocycles. The minimum Gasteiger partial charge on any atom is -0.491 e. The van der Waals surface area contributed by atoms with Crippen LogP contribution in [0.1, 0.15) is 42.1 Å². The molecular formula is C19H20ClIO3. The Labute approximate surface area is 161 Å². The third kappa shape index (κ3) is 4.42. The number of carboxylic acids is 1. The summed E-state index contributed by atoms with van der Waals surface area (Å²) in [6.07, 6.45) is 0.883. The molecule has 1 N–H and O–H groups in total. The zero-order valence-corrected chi connectivity index (χ0v) is 16.6. The largest absolute Gasteiger partial charge is 0.491 e. The Bertz CT molecular complexity index is 731. The summed E-state index contributed by atoms with van der Waals surface area (Å²) in [5.74, 6) is -0.0448. The third-order valence-corrected chi connectivity index (χ3v) is 4.76. The van der Waals surface area contributed by atoms with E-state index in [2.05, 4.69) is 29.5 Å². The van der Waals surface area contributed by atoms with Gasteiger partial charge in [-0.2, -0.15) is 0 Å². The van der Waals surface area contributed by atoms with Crippen LogP contribution in [0.5, 0.6) is 5.75 Å². The zero-order valence-electron chi connectivity index (χ0n) is 13.7. The van der Waals surface area contributed by atoms with Gasteiger partial charge < -0.3 is 9.84 Å². The average Bonchev–Trinajstić information content (AvgIpc) is 2.59. The lowest BCUT2D eigenvalue weighted by atomic mass is 9.90. The summed E-state index contributed by atoms with van der Waals surface area (Å²) in [5, 5.41) is 9.96. The Kier molecular flexibility index (Phi) is 6.92. The van der Waals surface area contributed by atoms with Crippen LogP contribution in [0.2, 0.25) is 5.02 Å². The summed E-state index contributed by atoms with van der Waals surface area (Å²) in [4.78, 5) is 11.5. The molecule has 0 saturated heterocycles. The fourth-order valence-corrected chi connectivity index (χ4v) is 2.97. The van der Waals surface area contributed by atoms with Gasteiger partial charge in [0.25, 0.3) is 0 Å². The van der Waals surface area contributed by atoms with Gasteiger partial charge in [0.1, 0.15) is 5.75 Å². The molecule has 0 heterocycles. The van der Waals surface area contributed by atoms with Gasteiger partial charge >= 0.3 is 5.97 Å². The van der Waals surface area contributed by atoms with Crippen LogP contribution >= 0.6 is 34.2 Å². The molecule has 5 heteroatoms. The number of carbonyl (C=O) groups is 1. The molecule has 0 amide bonds. The number of aromatic carboxylic acids is 1. The van der Waals surface area contributed by atoms with Crippen LogP contribution in [0.15, 0.2) is 36.4 Å². The second-order valence-corrected chi connectivity index (χ2v) is 7.09. The van der Waals surface area contributed by atoms with Crippen molar-refractivity contribution in [2.45, 2.75) is 26.2 Å². The highest BCUT2D eigenvalue weighted by Gasteiger charge is 2.16. The van der Waals surface area contributed by atoms with Crippen LogP contribution in [-0.4, -0.2) is 22.1 Å². The number of rotatable bonds is 7. The first-order chi connectivity index (χ1) is 11.5. The molecule has 0 bridgehead atoms. The molecule has 2 rings (SSSR count). The second-order valence-electron chi connectivity index (χ2n) is 5.60. The molecule has 3 nitrogen and oxygen atoms in total. The number of ether oxygens (including phenoxy) is 1. The Balaban J connectivity index is 2.42. The smallest absolute Gasteiger partial charge is 0.335 e. The molecule has 0 spiro atoms. The van der Waals surface area contributed by atoms with Crippen molar-refractivity contribution in [3.05, 3.63) is 52.5 Å². The SMILES string of the molecule is CCC(C)c1cc(-c2ccc(OCCI)c(Cl)c2)ccc1C(=O)O. The number of carboxylic acid groups (broad SMARTS) is 1. The van der Waals surface area contributed by atoms with Gasteiger partial charge in [0, 0.05) is 4.43 Å². The van der Waals surface area contributed by atoms with Crippen molar-refractivity contribution in [1.29, 1.82) is 0 Å². The predicted octanol–water partition coefficient (Wildman–Crippen LogP) is 6.03. The van der Waals surface area contributed by atoms with Crippen molar-refractivity contribution in [2.24, 2.45) is 0 Å². The number of benzene rings is 2. The van der Waals surface area contributed by atoms with E-state index < -0.39 is 5.97 Å². The molecule has 0 aliphatic carbocycles. The lowest BCUT2D eigenvalue weighted by Crippen LogP contribution is -2.05. The van der Waals surface area contributed by atoms with Crippen LogP contribution < -0.4 is 4.74 Å². The topological polar surface area (TPSA) is 46.5 Å². The van der Waals surface area contributed by atoms with E-state index in [1.54, 1.807) is 6.07 Å². The average molecular weight is 459 g/mol. The predicted molar refractivity (Wildman–Crippen MR) is 107 cm³/mol. The fourth-order valence-electron chi connectivity index (χ4n) is 2.51. The summed E-state index contributed by atoms with van der Waals surface area (Å²) < 4.78 is 6.48. The first-order valence-corrected chi connectivity index (χ1v) is 9.74. The van der Waals surface area contributed by atoms with Gasteiger partial charge in [-0.3, -0.25) is 0 Å². The van der Waals surface area contributed by atoms with E-state index >= 15 is 0 Å². The summed E-state index contributed by atoms with van der Waals surface area (Å²) >= 11 is 8.55. The highest BCUT2D eigenvalue weighted by atomic mass is 127. The van der Waals surface area contributed by atoms with E-state index in [1.807, 2.05) is 37.3 Å². The Morgan fingerprint density at radius 3 is 2.50 bits per heavy atom. The third-order valence-electron chi connectivity index (χ3n) is 4.03. The quantitative estimate of drug-likeness (QED) is 0.407. The minimum absolute atomic E-state index is 0.179. The van der Waals surface area contributed by atoms with Crippen molar-refractivity contribution in [1.82, 2.24) is 0 Å². The second kappa shape index (κ2) is 8.72. The van der Waals surface area contributed by atoms with E-state index in [0.29, 0.717) is 22.9 Å². The zero-order chi connectivity index (χ0) is 17.7. The summed E-state index contributed by atoms with van der Waals surface area (Å²) in [6, 6.07) is 11.1. The molecule has 1 unspecified atom stereocenters. The molecule has 2 aromatic rings. The highest BCUT2D eigenvalue weighted by Crippen LogP contribution is 2.33. The van der Waals surface area contributed by atoms with E-state index in [-0.39, 0.29) is 5.92 Å². The molecule has 0 saturated carbocycles. The lowest BCUT2D eigenvalue weighted by Gasteiger charge is -2.15. The van der Waals surface area contributed by atoms with Crippen molar-refractivity contribution in [3.8, 4) is 16.9 Å². The molecule has 2 aromatic carbocycles. The number of hydrogen-bond donors (Lipinski definition) is 1. The van der Waals surface area contributed by atoms with Crippen LogP contribution in [0.4, 0.5) is 0 Å². The van der Waals surface area contributed by atoms with Crippen molar-refractivity contribution in [3.63, 3.8) is 0 Å². The van der Waals surface area contributed by atoms with Gasteiger partial charge in [-0.15, -0.1) is 0 Å². The standard InChI is InChI=1S/C19H20ClIO3/c1-3-12(2)16-10-13(4-6-15(16)19(22)23)14-5-7-18(17(20)11-14)24-9-8-21/h4-7,10-12H,3,8-9H2,1-2H3,(H,22,23). The molecule has 24 heavy (non-hydrogen) atoms. The van der Waals surface area contributed by atoms with Gasteiger partial charge in [0.05, 0.1) is 17.2 Å². The molecule has 0 aliphatic rings. The highest BCUT2D eigenvalue weighted by molar-refractivity contribution is 14.1. The van der Waals surface area contributed by atoms with Crippen molar-refractivity contribution in [2.75, 3.05) is 11.0 Å². The normalized spacial score (nSPS) is 12.0. The fraction of sp³-hybridized carbons (Fsp3) is 0.316. The Hall–Kier alpha value is -1.27. The van der Waals surface area contributed by atoms with Crippen LogP contribution in [0.25, 0.3) is 11.1 Å². The van der Waals surface area contributed by atoms with Gasteiger partial charge in [0.15, 0.2) is 0 Å². The van der Waals surface area contributed by atoms with Crippen molar-refractivity contribution < 1.29 is 14.6 Å². The molecule has 1 atom stereocenters. The maximum absolute atomic E-state index is 11.5. The van der Waals surface area contributed by atoms with Gasteiger partial charge in [-0.25, -0.2) is 4.79 Å². The first kappa shape index (κ1) is 19.1. The van der Waals surface area contributed by atoms with Crippen molar-refractivity contribution >= 4 is 40.2 Å². The summed E-state index contributed by atoms with van der Waals surface area (Å²) in [7, 11) is 0. The van der Waals surface area contributed by atoms with Crippen LogP contribution in [-0.2, 0) is 0 Å². The van der Waals surface area contributed by atoms with E-state index in [0.717, 1.165) is 27.5 Å². The van der Waals surface area contributed by atoms with E-state index in [4.69, 9.17) is 16.3 Å². The van der Waals surface area contributed by atoms with E-state index in [9.17, 15) is 9.90 Å². The number of hydrogen-bond acceptors (Lipinski definition) is 2. The van der Waals surface area contributed by atoms with Crippen LogP contribution in [0.3, 0.4) is 0 Å². The van der Waals surface area contributed by atoms with Gasteiger partial charge in [-0.1, -0.05) is 66.2 Å². The molecule has 0 radical (unpaired) electrons. The van der Waals surface area contributed by atoms with Gasteiger partial charge in [0.2, 0.25) is 0 Å². The summed E-state index contributed by atoms with van der Waals surface area (Å²) in [5.41, 5.74) is 3.12. The summed E-state index contributed by atoms with van der Waals surface area (Å²) in [6.45, 7) is 4.71. The van der Waals surface area contributed by atoms with E-state index in [1.165, 1.54) is 0 Å². The maximum Gasteiger partial charge on any atom is 0.335 e. The van der Waals surface area contributed by atoms with Gasteiger partial charge in [-0.05, 0) is 47.2 Å². The molecular weight excluding hydrogens is 439 g/mol. The maximum atomic E-state index is 11.5. The molecule has 0 aliphatic heterocycles. The molecule has 128 valence electrons. The first-order valence-electron chi connectivity index (χ1n) is 7.83. The Morgan fingerprint density at radius 2 is 1.92 bits per heavy atom. The number of alkyl halides is 1. The number of halogens is 2. The minimum atomic E-state index is -0.891. The Morgan fingerprint density at radius 1 is 1.25 bits per heavy atom.